The summed E-state index contributed by atoms with van der Waals surface area (Å²) in [6.45, 7) is 1.62. The van der Waals surface area contributed by atoms with Gasteiger partial charge in [0, 0.05) is 11.1 Å². The fourth-order valence-corrected chi connectivity index (χ4v) is 3.62. The van der Waals surface area contributed by atoms with E-state index in [2.05, 4.69) is 0 Å². The maximum Gasteiger partial charge on any atom is 0.196 e. The van der Waals surface area contributed by atoms with Crippen molar-refractivity contribution in [2.75, 3.05) is 0 Å². The van der Waals surface area contributed by atoms with E-state index in [0.29, 0.717) is 16.7 Å². The summed E-state index contributed by atoms with van der Waals surface area (Å²) in [5, 5.41) is 10.8. The number of ketones is 1. The Labute approximate surface area is 179 Å². The van der Waals surface area contributed by atoms with E-state index in [9.17, 15) is 18.7 Å². The molecule has 4 aromatic carbocycles. The van der Waals surface area contributed by atoms with E-state index < -0.39 is 17.7 Å². The summed E-state index contributed by atoms with van der Waals surface area (Å²) in [7, 11) is 0. The number of rotatable bonds is 5. The monoisotopic (exact) mass is 414 g/mol. The van der Waals surface area contributed by atoms with Crippen LogP contribution < -0.4 is 0 Å². The highest BCUT2D eigenvalue weighted by atomic mass is 19.1. The Morgan fingerprint density at radius 3 is 2.19 bits per heavy atom. The molecule has 4 rings (SSSR count). The van der Waals surface area contributed by atoms with Crippen molar-refractivity contribution in [1.82, 2.24) is 0 Å². The normalized spacial score (nSPS) is 11.9. The van der Waals surface area contributed by atoms with Crippen LogP contribution in [0, 0.1) is 18.6 Å². The molecule has 0 heterocycles. The number of aryl methyl sites for hydroxylation is 1. The molecule has 0 saturated carbocycles. The first-order valence-corrected chi connectivity index (χ1v) is 9.88. The summed E-state index contributed by atoms with van der Waals surface area (Å²) in [6, 6.07) is 24.8. The molecule has 0 amide bonds. The Kier molecular flexibility index (Phi) is 5.74. The third kappa shape index (κ3) is 4.16. The van der Waals surface area contributed by atoms with Crippen molar-refractivity contribution in [3.8, 4) is 22.3 Å². The van der Waals surface area contributed by atoms with Crippen LogP contribution in [-0.2, 0) is 0 Å². The number of carbonyl (C=O) groups is 1. The Morgan fingerprint density at radius 2 is 1.52 bits per heavy atom. The number of Topliss-reactive ketones (excluding diaryl/α,β-unsaturated/α-hetero) is 1. The van der Waals surface area contributed by atoms with Crippen molar-refractivity contribution in [1.29, 1.82) is 0 Å². The number of hydrogen-bond donors (Lipinski definition) is 1. The van der Waals surface area contributed by atoms with Gasteiger partial charge in [0.2, 0.25) is 0 Å². The molecule has 0 aliphatic rings. The number of hydrogen-bond acceptors (Lipinski definition) is 2. The second-order valence-electron chi connectivity index (χ2n) is 7.38. The van der Waals surface area contributed by atoms with Crippen LogP contribution in [0.3, 0.4) is 0 Å². The lowest BCUT2D eigenvalue weighted by atomic mass is 9.87. The van der Waals surface area contributed by atoms with Gasteiger partial charge in [-0.3, -0.25) is 4.79 Å². The van der Waals surface area contributed by atoms with Gasteiger partial charge in [-0.2, -0.15) is 0 Å². The lowest BCUT2D eigenvalue weighted by Crippen LogP contribution is -2.14. The average Bonchev–Trinajstić information content (AvgIpc) is 2.80. The van der Waals surface area contributed by atoms with Gasteiger partial charge in [-0.25, -0.2) is 8.78 Å². The maximum absolute atomic E-state index is 14.0. The van der Waals surface area contributed by atoms with Crippen LogP contribution >= 0.6 is 0 Å². The molecular formula is C27H20F2O2. The fraction of sp³-hybridized carbons (Fsp3) is 0.0741. The smallest absolute Gasteiger partial charge is 0.196 e. The lowest BCUT2D eigenvalue weighted by molar-refractivity contribution is 0.0747. The summed E-state index contributed by atoms with van der Waals surface area (Å²) >= 11 is 0. The van der Waals surface area contributed by atoms with E-state index in [1.807, 2.05) is 36.4 Å². The first-order valence-electron chi connectivity index (χ1n) is 9.88. The zero-order chi connectivity index (χ0) is 22.0. The molecule has 4 heteroatoms. The van der Waals surface area contributed by atoms with Gasteiger partial charge >= 0.3 is 0 Å². The number of halogens is 2. The third-order valence-corrected chi connectivity index (χ3v) is 5.31. The molecule has 0 saturated heterocycles. The zero-order valence-electron chi connectivity index (χ0n) is 16.8. The van der Waals surface area contributed by atoms with E-state index in [1.165, 1.54) is 24.3 Å². The first kappa shape index (κ1) is 20.6. The molecule has 0 aromatic heterocycles. The Morgan fingerprint density at radius 1 is 0.806 bits per heavy atom. The highest BCUT2D eigenvalue weighted by molar-refractivity contribution is 6.08. The SMILES string of the molecule is Cc1ccc(C(O)C(=O)c2cccc(-c3ccc(F)cc3)c2-c2ccccc2)cc1F. The highest BCUT2D eigenvalue weighted by Crippen LogP contribution is 2.37. The largest absolute Gasteiger partial charge is 0.380 e. The molecule has 2 nitrogen and oxygen atoms in total. The molecule has 4 aromatic rings. The Bertz CT molecular complexity index is 1230. The van der Waals surface area contributed by atoms with E-state index >= 15 is 0 Å². The molecule has 1 unspecified atom stereocenters. The molecule has 1 atom stereocenters. The number of carbonyl (C=O) groups excluding carboxylic acids is 1. The molecule has 0 fully saturated rings. The van der Waals surface area contributed by atoms with Crippen LogP contribution in [0.5, 0.6) is 0 Å². The molecule has 0 spiro atoms. The van der Waals surface area contributed by atoms with Crippen molar-refractivity contribution in [3.63, 3.8) is 0 Å². The Hall–Kier alpha value is -3.63. The van der Waals surface area contributed by atoms with Crippen molar-refractivity contribution in [2.24, 2.45) is 0 Å². The molecule has 154 valence electrons. The van der Waals surface area contributed by atoms with Gasteiger partial charge in [-0.05, 0) is 52.9 Å². The lowest BCUT2D eigenvalue weighted by Gasteiger charge is -2.18. The summed E-state index contributed by atoms with van der Waals surface area (Å²) in [6.07, 6.45) is -1.51. The van der Waals surface area contributed by atoms with Gasteiger partial charge in [0.05, 0.1) is 0 Å². The zero-order valence-corrected chi connectivity index (χ0v) is 16.8. The summed E-state index contributed by atoms with van der Waals surface area (Å²) < 4.78 is 27.5. The third-order valence-electron chi connectivity index (χ3n) is 5.31. The van der Waals surface area contributed by atoms with Crippen molar-refractivity contribution >= 4 is 5.78 Å². The van der Waals surface area contributed by atoms with Gasteiger partial charge in [0.15, 0.2) is 5.78 Å². The molecule has 0 aliphatic heterocycles. The second-order valence-corrected chi connectivity index (χ2v) is 7.38. The van der Waals surface area contributed by atoms with Crippen LogP contribution in [0.25, 0.3) is 22.3 Å². The van der Waals surface area contributed by atoms with Gasteiger partial charge in [-0.15, -0.1) is 0 Å². The van der Waals surface area contributed by atoms with Crippen LogP contribution in [0.15, 0.2) is 91.0 Å². The molecule has 0 aliphatic carbocycles. The van der Waals surface area contributed by atoms with Gasteiger partial charge in [0.25, 0.3) is 0 Å². The van der Waals surface area contributed by atoms with Gasteiger partial charge < -0.3 is 5.11 Å². The van der Waals surface area contributed by atoms with Gasteiger partial charge in [-0.1, -0.05) is 72.8 Å². The van der Waals surface area contributed by atoms with Crippen LogP contribution in [0.4, 0.5) is 8.78 Å². The van der Waals surface area contributed by atoms with Crippen LogP contribution in [0.1, 0.15) is 27.6 Å². The molecule has 0 radical (unpaired) electrons. The topological polar surface area (TPSA) is 37.3 Å². The van der Waals surface area contributed by atoms with Crippen molar-refractivity contribution in [3.05, 3.63) is 119 Å². The van der Waals surface area contributed by atoms with E-state index in [0.717, 1.165) is 16.7 Å². The fourth-order valence-electron chi connectivity index (χ4n) is 3.62. The summed E-state index contributed by atoms with van der Waals surface area (Å²) in [4.78, 5) is 13.3. The minimum Gasteiger partial charge on any atom is -0.380 e. The highest BCUT2D eigenvalue weighted by Gasteiger charge is 2.25. The first-order chi connectivity index (χ1) is 15.0. The molecule has 31 heavy (non-hydrogen) atoms. The summed E-state index contributed by atoms with van der Waals surface area (Å²) in [5.74, 6) is -1.37. The standard InChI is InChI=1S/C27H20F2O2/c1-17-10-11-20(16-24(17)29)26(30)27(31)23-9-5-8-22(18-12-14-21(28)15-13-18)25(23)19-6-3-2-4-7-19/h2-16,26,30H,1H3. The van der Waals surface area contributed by atoms with E-state index in [4.69, 9.17) is 0 Å². The van der Waals surface area contributed by atoms with Crippen LogP contribution in [0.2, 0.25) is 0 Å². The predicted octanol–water partition coefficient (Wildman–Crippen LogP) is 6.52. The maximum atomic E-state index is 14.0. The number of aliphatic hydroxyl groups excluding tert-OH is 1. The van der Waals surface area contributed by atoms with Crippen LogP contribution in [-0.4, -0.2) is 10.9 Å². The second kappa shape index (κ2) is 8.62. The van der Waals surface area contributed by atoms with E-state index in [-0.39, 0.29) is 11.4 Å². The predicted molar refractivity (Wildman–Crippen MR) is 118 cm³/mol. The van der Waals surface area contributed by atoms with E-state index in [1.54, 1.807) is 37.3 Å². The van der Waals surface area contributed by atoms with Gasteiger partial charge in [0.1, 0.15) is 17.7 Å². The minimum atomic E-state index is -1.51. The van der Waals surface area contributed by atoms with Crippen molar-refractivity contribution < 1.29 is 18.7 Å². The number of aliphatic hydroxyl groups is 1. The molecule has 0 bridgehead atoms. The molecular weight excluding hydrogens is 394 g/mol. The number of benzene rings is 4. The van der Waals surface area contributed by atoms with Crippen molar-refractivity contribution in [2.45, 2.75) is 13.0 Å². The quantitative estimate of drug-likeness (QED) is 0.377. The minimum absolute atomic E-state index is 0.194. The molecule has 1 N–H and O–H groups in total. The summed E-state index contributed by atoms with van der Waals surface area (Å²) in [5.41, 5.74) is 3.83. The average molecular weight is 414 g/mol. The Balaban J connectivity index is 1.87.